The molecule has 2 aliphatic rings. The summed E-state index contributed by atoms with van der Waals surface area (Å²) < 4.78 is 0. The maximum absolute atomic E-state index is 11.5. The molecular weight excluding hydrogens is 152 g/mol. The second-order valence-corrected chi connectivity index (χ2v) is 3.88. The second kappa shape index (κ2) is 2.28. The number of rotatable bonds is 0. The van der Waals surface area contributed by atoms with Crippen molar-refractivity contribution in [2.75, 3.05) is 0 Å². The molecule has 2 aliphatic carbocycles. The molecule has 2 rings (SSSR count). The molecule has 0 aliphatic heterocycles. The van der Waals surface area contributed by atoms with Gasteiger partial charge in [0.15, 0.2) is 5.78 Å². The Labute approximate surface area is 71.6 Å². The standard InChI is InChI=1S/C10H12O2/c1-10-5-3-2-4-7(10)8(11)6-9(10)12/h3,5,7H,2,4,6H2,1H3. The molecule has 0 saturated heterocycles. The summed E-state index contributed by atoms with van der Waals surface area (Å²) in [6.45, 7) is 1.89. The fourth-order valence-corrected chi connectivity index (χ4v) is 2.26. The van der Waals surface area contributed by atoms with E-state index in [1.807, 2.05) is 19.1 Å². The van der Waals surface area contributed by atoms with Gasteiger partial charge in [0.25, 0.3) is 0 Å². The molecule has 0 bridgehead atoms. The van der Waals surface area contributed by atoms with Crippen LogP contribution in [0.5, 0.6) is 0 Å². The summed E-state index contributed by atoms with van der Waals surface area (Å²) in [6.07, 6.45) is 5.91. The van der Waals surface area contributed by atoms with Gasteiger partial charge in [0.2, 0.25) is 0 Å². The van der Waals surface area contributed by atoms with E-state index in [1.54, 1.807) is 0 Å². The van der Waals surface area contributed by atoms with E-state index in [1.165, 1.54) is 0 Å². The Bertz CT molecular complexity index is 278. The number of hydrogen-bond acceptors (Lipinski definition) is 2. The molecule has 2 nitrogen and oxygen atoms in total. The number of carbonyl (C=O) groups excluding carboxylic acids is 2. The van der Waals surface area contributed by atoms with Crippen LogP contribution in [0.25, 0.3) is 0 Å². The van der Waals surface area contributed by atoms with E-state index < -0.39 is 5.41 Å². The number of hydrogen-bond donors (Lipinski definition) is 0. The van der Waals surface area contributed by atoms with E-state index in [2.05, 4.69) is 0 Å². The third-order valence-corrected chi connectivity index (χ3v) is 3.13. The highest BCUT2D eigenvalue weighted by Gasteiger charge is 2.49. The van der Waals surface area contributed by atoms with Crippen molar-refractivity contribution in [2.45, 2.75) is 26.2 Å². The van der Waals surface area contributed by atoms with Crippen LogP contribution in [0.1, 0.15) is 26.2 Å². The highest BCUT2D eigenvalue weighted by molar-refractivity contribution is 6.11. The molecular formula is C10H12O2. The van der Waals surface area contributed by atoms with Crippen molar-refractivity contribution in [1.82, 2.24) is 0 Å². The third kappa shape index (κ3) is 0.808. The molecule has 64 valence electrons. The molecule has 0 heterocycles. The zero-order valence-corrected chi connectivity index (χ0v) is 7.17. The van der Waals surface area contributed by atoms with Crippen LogP contribution in [0.15, 0.2) is 12.2 Å². The molecule has 0 radical (unpaired) electrons. The van der Waals surface area contributed by atoms with Crippen LogP contribution in [-0.4, -0.2) is 11.6 Å². The fraction of sp³-hybridized carbons (Fsp3) is 0.600. The summed E-state index contributed by atoms with van der Waals surface area (Å²) in [5, 5.41) is 0. The maximum Gasteiger partial charge on any atom is 0.150 e. The predicted molar refractivity (Wildman–Crippen MR) is 44.6 cm³/mol. The normalized spacial score (nSPS) is 40.2. The smallest absolute Gasteiger partial charge is 0.150 e. The summed E-state index contributed by atoms with van der Waals surface area (Å²) in [6, 6.07) is 0. The van der Waals surface area contributed by atoms with E-state index in [9.17, 15) is 9.59 Å². The van der Waals surface area contributed by atoms with Crippen LogP contribution < -0.4 is 0 Å². The topological polar surface area (TPSA) is 34.1 Å². The lowest BCUT2D eigenvalue weighted by molar-refractivity contribution is -0.124. The van der Waals surface area contributed by atoms with Crippen molar-refractivity contribution in [3.63, 3.8) is 0 Å². The van der Waals surface area contributed by atoms with Gasteiger partial charge in [-0.05, 0) is 19.8 Å². The minimum atomic E-state index is -0.449. The van der Waals surface area contributed by atoms with Crippen LogP contribution in [-0.2, 0) is 9.59 Å². The van der Waals surface area contributed by atoms with Gasteiger partial charge in [0, 0.05) is 5.92 Å². The summed E-state index contributed by atoms with van der Waals surface area (Å²) in [5.41, 5.74) is -0.449. The van der Waals surface area contributed by atoms with E-state index in [-0.39, 0.29) is 23.9 Å². The Balaban J connectivity index is 2.44. The Morgan fingerprint density at radius 2 is 2.25 bits per heavy atom. The number of Topliss-reactive ketones (excluding diaryl/α,β-unsaturated/α-hetero) is 2. The first-order valence-electron chi connectivity index (χ1n) is 4.38. The van der Waals surface area contributed by atoms with Crippen LogP contribution in [0, 0.1) is 11.3 Å². The average Bonchev–Trinajstić information content (AvgIpc) is 2.25. The van der Waals surface area contributed by atoms with Gasteiger partial charge >= 0.3 is 0 Å². The van der Waals surface area contributed by atoms with Crippen molar-refractivity contribution in [1.29, 1.82) is 0 Å². The number of ketones is 2. The van der Waals surface area contributed by atoms with Crippen molar-refractivity contribution >= 4 is 11.6 Å². The zero-order valence-electron chi connectivity index (χ0n) is 7.17. The van der Waals surface area contributed by atoms with E-state index >= 15 is 0 Å². The van der Waals surface area contributed by atoms with Gasteiger partial charge in [-0.25, -0.2) is 0 Å². The number of allylic oxidation sites excluding steroid dienone is 2. The summed E-state index contributed by atoms with van der Waals surface area (Å²) in [4.78, 5) is 22.8. The Hall–Kier alpha value is -0.920. The lowest BCUT2D eigenvalue weighted by atomic mass is 9.73. The largest absolute Gasteiger partial charge is 0.299 e. The minimum absolute atomic E-state index is 0.0185. The van der Waals surface area contributed by atoms with Gasteiger partial charge in [-0.3, -0.25) is 9.59 Å². The van der Waals surface area contributed by atoms with E-state index in [4.69, 9.17) is 0 Å². The first-order valence-corrected chi connectivity index (χ1v) is 4.38. The number of fused-ring (bicyclic) bond motifs is 1. The molecule has 0 aromatic rings. The van der Waals surface area contributed by atoms with Gasteiger partial charge in [0.05, 0.1) is 11.8 Å². The SMILES string of the molecule is CC12C=CCCC1C(=O)CC2=O. The highest BCUT2D eigenvalue weighted by atomic mass is 16.2. The molecule has 0 aromatic carbocycles. The first kappa shape index (κ1) is 7.71. The van der Waals surface area contributed by atoms with E-state index in [0.29, 0.717) is 0 Å². The lowest BCUT2D eigenvalue weighted by Gasteiger charge is -2.28. The Morgan fingerprint density at radius 1 is 1.50 bits per heavy atom. The average molecular weight is 164 g/mol. The third-order valence-electron chi connectivity index (χ3n) is 3.13. The molecule has 0 amide bonds. The summed E-state index contributed by atoms with van der Waals surface area (Å²) >= 11 is 0. The molecule has 2 unspecified atom stereocenters. The minimum Gasteiger partial charge on any atom is -0.299 e. The molecule has 2 heteroatoms. The lowest BCUT2D eigenvalue weighted by Crippen LogP contribution is -2.30. The number of carbonyl (C=O) groups is 2. The van der Waals surface area contributed by atoms with Crippen molar-refractivity contribution < 1.29 is 9.59 Å². The van der Waals surface area contributed by atoms with Gasteiger partial charge in [-0.15, -0.1) is 0 Å². The molecule has 0 spiro atoms. The quantitative estimate of drug-likeness (QED) is 0.401. The molecule has 1 fully saturated rings. The van der Waals surface area contributed by atoms with Crippen molar-refractivity contribution in [2.24, 2.45) is 11.3 Å². The molecule has 1 saturated carbocycles. The Morgan fingerprint density at radius 3 is 2.92 bits per heavy atom. The first-order chi connectivity index (χ1) is 5.64. The molecule has 0 N–H and O–H groups in total. The van der Waals surface area contributed by atoms with Crippen LogP contribution in [0.3, 0.4) is 0 Å². The predicted octanol–water partition coefficient (Wildman–Crippen LogP) is 1.50. The molecule has 2 atom stereocenters. The van der Waals surface area contributed by atoms with Gasteiger partial charge in [-0.1, -0.05) is 12.2 Å². The molecule has 12 heavy (non-hydrogen) atoms. The Kier molecular flexibility index (Phi) is 1.47. The van der Waals surface area contributed by atoms with Crippen LogP contribution >= 0.6 is 0 Å². The fourth-order valence-electron chi connectivity index (χ4n) is 2.26. The molecule has 0 aromatic heterocycles. The van der Waals surface area contributed by atoms with E-state index in [0.717, 1.165) is 12.8 Å². The zero-order chi connectivity index (χ0) is 8.77. The van der Waals surface area contributed by atoms with Crippen molar-refractivity contribution in [3.8, 4) is 0 Å². The maximum atomic E-state index is 11.5. The van der Waals surface area contributed by atoms with Gasteiger partial charge < -0.3 is 0 Å². The van der Waals surface area contributed by atoms with Gasteiger partial charge in [-0.2, -0.15) is 0 Å². The van der Waals surface area contributed by atoms with Crippen LogP contribution in [0.2, 0.25) is 0 Å². The monoisotopic (exact) mass is 164 g/mol. The van der Waals surface area contributed by atoms with Gasteiger partial charge in [0.1, 0.15) is 5.78 Å². The summed E-state index contributed by atoms with van der Waals surface area (Å²) in [5.74, 6) is 0.232. The second-order valence-electron chi connectivity index (χ2n) is 3.88. The van der Waals surface area contributed by atoms with Crippen molar-refractivity contribution in [3.05, 3.63) is 12.2 Å². The summed E-state index contributed by atoms with van der Waals surface area (Å²) in [7, 11) is 0. The van der Waals surface area contributed by atoms with Crippen LogP contribution in [0.4, 0.5) is 0 Å². The highest BCUT2D eigenvalue weighted by Crippen LogP contribution is 2.44.